The zero-order valence-electron chi connectivity index (χ0n) is 12.2. The smallest absolute Gasteiger partial charge is 0.0685 e. The van der Waals surface area contributed by atoms with E-state index >= 15 is 0 Å². The summed E-state index contributed by atoms with van der Waals surface area (Å²) < 4.78 is 6.08. The lowest BCUT2D eigenvalue weighted by molar-refractivity contribution is -0.144. The maximum atomic E-state index is 6.08. The number of anilines is 1. The molecule has 2 heteroatoms. The lowest BCUT2D eigenvalue weighted by Gasteiger charge is -2.48. The minimum Gasteiger partial charge on any atom is -0.385 e. The molecule has 1 saturated carbocycles. The van der Waals surface area contributed by atoms with E-state index in [0.29, 0.717) is 5.60 Å². The number of ether oxygens (including phenoxy) is 1. The van der Waals surface area contributed by atoms with Crippen LogP contribution in [0.4, 0.5) is 5.69 Å². The van der Waals surface area contributed by atoms with E-state index < -0.39 is 0 Å². The van der Waals surface area contributed by atoms with Gasteiger partial charge in [-0.3, -0.25) is 0 Å². The van der Waals surface area contributed by atoms with Gasteiger partial charge < -0.3 is 10.1 Å². The molecular formula is C18H25NO. The van der Waals surface area contributed by atoms with Crippen LogP contribution in [0.15, 0.2) is 24.3 Å². The van der Waals surface area contributed by atoms with Crippen molar-refractivity contribution in [1.82, 2.24) is 0 Å². The second-order valence-electron chi connectivity index (χ2n) is 6.98. The van der Waals surface area contributed by atoms with Crippen molar-refractivity contribution >= 4 is 5.69 Å². The summed E-state index contributed by atoms with van der Waals surface area (Å²) in [5.74, 6) is 1.63. The van der Waals surface area contributed by atoms with Crippen LogP contribution in [0.3, 0.4) is 0 Å². The van der Waals surface area contributed by atoms with Crippen molar-refractivity contribution in [2.75, 3.05) is 18.5 Å². The molecule has 1 spiro atoms. The maximum absolute atomic E-state index is 6.08. The lowest BCUT2D eigenvalue weighted by Crippen LogP contribution is -2.45. The number of para-hydroxylation sites is 1. The van der Waals surface area contributed by atoms with Gasteiger partial charge in [0.15, 0.2) is 0 Å². The van der Waals surface area contributed by atoms with Crippen molar-refractivity contribution in [3.05, 3.63) is 29.8 Å². The van der Waals surface area contributed by atoms with Crippen LogP contribution in [-0.4, -0.2) is 18.8 Å². The minimum absolute atomic E-state index is 0.301. The number of benzene rings is 1. The second-order valence-corrected chi connectivity index (χ2v) is 6.98. The van der Waals surface area contributed by atoms with Crippen molar-refractivity contribution < 1.29 is 4.74 Å². The predicted molar refractivity (Wildman–Crippen MR) is 82.2 cm³/mol. The van der Waals surface area contributed by atoms with Crippen molar-refractivity contribution in [3.63, 3.8) is 0 Å². The van der Waals surface area contributed by atoms with Gasteiger partial charge >= 0.3 is 0 Å². The van der Waals surface area contributed by atoms with Crippen LogP contribution in [0, 0.1) is 5.92 Å². The van der Waals surface area contributed by atoms with Gasteiger partial charge in [-0.15, -0.1) is 0 Å². The number of hydrogen-bond donors (Lipinski definition) is 1. The average Bonchev–Trinajstić information content (AvgIpc) is 2.46. The van der Waals surface area contributed by atoms with Crippen molar-refractivity contribution in [2.24, 2.45) is 5.92 Å². The summed E-state index contributed by atoms with van der Waals surface area (Å²) in [6.07, 6.45) is 9.25. The molecule has 108 valence electrons. The standard InChI is InChI=1S/C18H25NO/c1-2-5-17-16(4-1)15(6-10-19-17)12-14-7-11-20-18(13-14)8-3-9-18/h1-2,4-5,14-15,19H,3,6-13H2. The molecule has 1 N–H and O–H groups in total. The topological polar surface area (TPSA) is 21.3 Å². The molecule has 1 aromatic rings. The fourth-order valence-corrected chi connectivity index (χ4v) is 4.45. The molecule has 0 bridgehead atoms. The molecule has 2 nitrogen and oxygen atoms in total. The van der Waals surface area contributed by atoms with E-state index in [1.807, 2.05) is 0 Å². The van der Waals surface area contributed by atoms with Gasteiger partial charge in [-0.1, -0.05) is 18.2 Å². The Kier molecular flexibility index (Phi) is 3.22. The molecule has 1 aliphatic carbocycles. The Bertz CT molecular complexity index is 480. The first kappa shape index (κ1) is 12.7. The predicted octanol–water partition coefficient (Wildman–Crippen LogP) is 4.33. The van der Waals surface area contributed by atoms with E-state index in [-0.39, 0.29) is 0 Å². The summed E-state index contributed by atoms with van der Waals surface area (Å²) in [5, 5.41) is 3.54. The third kappa shape index (κ3) is 2.24. The van der Waals surface area contributed by atoms with E-state index in [4.69, 9.17) is 4.74 Å². The highest BCUT2D eigenvalue weighted by atomic mass is 16.5. The Balaban J connectivity index is 1.47. The Morgan fingerprint density at radius 1 is 1.20 bits per heavy atom. The molecule has 2 unspecified atom stereocenters. The first-order valence-corrected chi connectivity index (χ1v) is 8.31. The molecule has 1 saturated heterocycles. The number of rotatable bonds is 2. The normalized spacial score (nSPS) is 31.2. The largest absolute Gasteiger partial charge is 0.385 e. The summed E-state index contributed by atoms with van der Waals surface area (Å²) in [4.78, 5) is 0. The Morgan fingerprint density at radius 3 is 2.95 bits per heavy atom. The molecule has 20 heavy (non-hydrogen) atoms. The maximum Gasteiger partial charge on any atom is 0.0685 e. The van der Waals surface area contributed by atoms with E-state index in [2.05, 4.69) is 29.6 Å². The Hall–Kier alpha value is -1.02. The van der Waals surface area contributed by atoms with Crippen LogP contribution in [0.1, 0.15) is 56.4 Å². The van der Waals surface area contributed by atoms with Crippen LogP contribution in [0.2, 0.25) is 0 Å². The molecule has 2 fully saturated rings. The third-order valence-corrected chi connectivity index (χ3v) is 5.69. The molecule has 1 aromatic carbocycles. The molecular weight excluding hydrogens is 246 g/mol. The van der Waals surface area contributed by atoms with Crippen LogP contribution >= 0.6 is 0 Å². The summed E-state index contributed by atoms with van der Waals surface area (Å²) in [7, 11) is 0. The van der Waals surface area contributed by atoms with Crippen LogP contribution in [-0.2, 0) is 4.74 Å². The highest BCUT2D eigenvalue weighted by Crippen LogP contribution is 2.47. The summed E-state index contributed by atoms with van der Waals surface area (Å²) in [6, 6.07) is 8.89. The molecule has 0 amide bonds. The number of nitrogens with one attached hydrogen (secondary N) is 1. The quantitative estimate of drug-likeness (QED) is 0.864. The van der Waals surface area contributed by atoms with Gasteiger partial charge in [-0.05, 0) is 68.4 Å². The van der Waals surface area contributed by atoms with Crippen LogP contribution in [0.25, 0.3) is 0 Å². The van der Waals surface area contributed by atoms with Gasteiger partial charge in [0.25, 0.3) is 0 Å². The van der Waals surface area contributed by atoms with Crippen molar-refractivity contribution in [3.8, 4) is 0 Å². The van der Waals surface area contributed by atoms with Gasteiger partial charge in [-0.25, -0.2) is 0 Å². The van der Waals surface area contributed by atoms with Gasteiger partial charge in [0, 0.05) is 18.8 Å². The molecule has 0 radical (unpaired) electrons. The zero-order chi connectivity index (χ0) is 13.4. The van der Waals surface area contributed by atoms with Gasteiger partial charge in [0.05, 0.1) is 5.60 Å². The fourth-order valence-electron chi connectivity index (χ4n) is 4.45. The van der Waals surface area contributed by atoms with Crippen LogP contribution in [0.5, 0.6) is 0 Å². The van der Waals surface area contributed by atoms with Crippen molar-refractivity contribution in [1.29, 1.82) is 0 Å². The zero-order valence-corrected chi connectivity index (χ0v) is 12.2. The average molecular weight is 271 g/mol. The third-order valence-electron chi connectivity index (χ3n) is 5.69. The first-order chi connectivity index (χ1) is 9.85. The lowest BCUT2D eigenvalue weighted by atomic mass is 9.69. The SMILES string of the molecule is c1ccc2c(c1)NCCC2CC1CCOC2(CCC2)C1. The van der Waals surface area contributed by atoms with E-state index in [1.54, 1.807) is 5.56 Å². The Labute approximate surface area is 121 Å². The molecule has 0 aromatic heterocycles. The first-order valence-electron chi connectivity index (χ1n) is 8.31. The van der Waals surface area contributed by atoms with E-state index in [9.17, 15) is 0 Å². The van der Waals surface area contributed by atoms with E-state index in [1.165, 1.54) is 50.6 Å². The molecule has 4 rings (SSSR count). The molecule has 3 aliphatic rings. The van der Waals surface area contributed by atoms with Gasteiger partial charge in [-0.2, -0.15) is 0 Å². The number of fused-ring (bicyclic) bond motifs is 1. The van der Waals surface area contributed by atoms with Gasteiger partial charge in [0.1, 0.15) is 0 Å². The fraction of sp³-hybridized carbons (Fsp3) is 0.667. The summed E-state index contributed by atoms with van der Waals surface area (Å²) in [6.45, 7) is 2.13. The Morgan fingerprint density at radius 2 is 2.10 bits per heavy atom. The highest BCUT2D eigenvalue weighted by molar-refractivity contribution is 5.54. The monoisotopic (exact) mass is 271 g/mol. The minimum atomic E-state index is 0.301. The highest BCUT2D eigenvalue weighted by Gasteiger charge is 2.42. The van der Waals surface area contributed by atoms with E-state index in [0.717, 1.165) is 25.0 Å². The molecule has 2 heterocycles. The summed E-state index contributed by atoms with van der Waals surface area (Å²) >= 11 is 0. The van der Waals surface area contributed by atoms with Crippen LogP contribution < -0.4 is 5.32 Å². The van der Waals surface area contributed by atoms with Gasteiger partial charge in [0.2, 0.25) is 0 Å². The summed E-state index contributed by atoms with van der Waals surface area (Å²) in [5.41, 5.74) is 3.22. The van der Waals surface area contributed by atoms with Crippen molar-refractivity contribution in [2.45, 2.75) is 56.5 Å². The molecule has 2 atom stereocenters. The number of hydrogen-bond acceptors (Lipinski definition) is 2. The molecule has 2 aliphatic heterocycles. The second kappa shape index (κ2) is 5.07.